The highest BCUT2D eigenvalue weighted by atomic mass is 16.5. The predicted molar refractivity (Wildman–Crippen MR) is 35.1 cm³/mol. The molecule has 1 spiro atoms. The summed E-state index contributed by atoms with van der Waals surface area (Å²) in [4.78, 5) is 0. The zero-order valence-electron chi connectivity index (χ0n) is 5.44. The van der Waals surface area contributed by atoms with Crippen LogP contribution in [0.5, 0.6) is 0 Å². The molecule has 1 saturated heterocycles. The molecule has 2 fully saturated rings. The third-order valence-electron chi connectivity index (χ3n) is 1.92. The SMILES string of the molecule is C=C1CNC2(CC2)OC1. The van der Waals surface area contributed by atoms with Crippen molar-refractivity contribution in [2.75, 3.05) is 13.2 Å². The highest BCUT2D eigenvalue weighted by molar-refractivity contribution is 5.07. The molecule has 1 aliphatic carbocycles. The molecule has 0 bridgehead atoms. The molecule has 0 aromatic carbocycles. The van der Waals surface area contributed by atoms with E-state index in [1.165, 1.54) is 12.8 Å². The second-order valence-corrected chi connectivity index (χ2v) is 2.89. The molecule has 9 heavy (non-hydrogen) atoms. The molecule has 1 aliphatic heterocycles. The Morgan fingerprint density at radius 1 is 1.56 bits per heavy atom. The Kier molecular flexibility index (Phi) is 0.957. The molecule has 0 aromatic heterocycles. The van der Waals surface area contributed by atoms with Crippen molar-refractivity contribution in [3.63, 3.8) is 0 Å². The van der Waals surface area contributed by atoms with Crippen molar-refractivity contribution < 1.29 is 4.74 Å². The summed E-state index contributed by atoms with van der Waals surface area (Å²) in [7, 11) is 0. The van der Waals surface area contributed by atoms with Gasteiger partial charge in [-0.05, 0) is 18.4 Å². The van der Waals surface area contributed by atoms with Crippen molar-refractivity contribution in [2.24, 2.45) is 0 Å². The Balaban J connectivity index is 1.98. The maximum absolute atomic E-state index is 5.48. The van der Waals surface area contributed by atoms with Crippen molar-refractivity contribution in [3.05, 3.63) is 12.2 Å². The largest absolute Gasteiger partial charge is 0.356 e. The van der Waals surface area contributed by atoms with E-state index in [2.05, 4.69) is 11.9 Å². The topological polar surface area (TPSA) is 21.3 Å². The normalized spacial score (nSPS) is 30.9. The van der Waals surface area contributed by atoms with E-state index in [0.29, 0.717) is 0 Å². The Labute approximate surface area is 54.9 Å². The van der Waals surface area contributed by atoms with Gasteiger partial charge >= 0.3 is 0 Å². The zero-order valence-corrected chi connectivity index (χ0v) is 5.44. The van der Waals surface area contributed by atoms with E-state index in [9.17, 15) is 0 Å². The molecular formula is C7H11NO. The quantitative estimate of drug-likeness (QED) is 0.480. The summed E-state index contributed by atoms with van der Waals surface area (Å²) in [5, 5.41) is 3.30. The molecule has 0 radical (unpaired) electrons. The van der Waals surface area contributed by atoms with Crippen LogP contribution in [0.1, 0.15) is 12.8 Å². The summed E-state index contributed by atoms with van der Waals surface area (Å²) in [6.07, 6.45) is 2.36. The van der Waals surface area contributed by atoms with E-state index >= 15 is 0 Å². The molecule has 0 aromatic rings. The van der Waals surface area contributed by atoms with Crippen LogP contribution in [0.4, 0.5) is 0 Å². The number of ether oxygens (including phenoxy) is 1. The summed E-state index contributed by atoms with van der Waals surface area (Å²) >= 11 is 0. The van der Waals surface area contributed by atoms with Crippen LogP contribution in [-0.4, -0.2) is 18.9 Å². The summed E-state index contributed by atoms with van der Waals surface area (Å²) < 4.78 is 5.48. The first-order valence-electron chi connectivity index (χ1n) is 3.36. The average Bonchev–Trinajstić information content (AvgIpc) is 2.60. The molecule has 0 amide bonds. The number of rotatable bonds is 0. The van der Waals surface area contributed by atoms with Gasteiger partial charge < -0.3 is 4.74 Å². The first-order valence-corrected chi connectivity index (χ1v) is 3.36. The van der Waals surface area contributed by atoms with Gasteiger partial charge in [0.05, 0.1) is 6.61 Å². The molecule has 1 N–H and O–H groups in total. The minimum absolute atomic E-state index is 0.0984. The molecule has 2 nitrogen and oxygen atoms in total. The van der Waals surface area contributed by atoms with Gasteiger partial charge in [0.25, 0.3) is 0 Å². The predicted octanol–water partition coefficient (Wildman–Crippen LogP) is 0.652. The fourth-order valence-corrected chi connectivity index (χ4v) is 1.06. The molecule has 2 heteroatoms. The number of nitrogens with one attached hydrogen (secondary N) is 1. The van der Waals surface area contributed by atoms with E-state index in [4.69, 9.17) is 4.74 Å². The summed E-state index contributed by atoms with van der Waals surface area (Å²) in [5.41, 5.74) is 1.26. The van der Waals surface area contributed by atoms with Crippen molar-refractivity contribution >= 4 is 0 Å². The van der Waals surface area contributed by atoms with Gasteiger partial charge in [-0.25, -0.2) is 0 Å². The monoisotopic (exact) mass is 125 g/mol. The van der Waals surface area contributed by atoms with Crippen LogP contribution in [-0.2, 0) is 4.74 Å². The van der Waals surface area contributed by atoms with E-state index in [1.807, 2.05) is 0 Å². The van der Waals surface area contributed by atoms with Gasteiger partial charge in [-0.15, -0.1) is 0 Å². The molecular weight excluding hydrogens is 114 g/mol. The molecule has 2 rings (SSSR count). The van der Waals surface area contributed by atoms with E-state index < -0.39 is 0 Å². The van der Waals surface area contributed by atoms with Crippen LogP contribution in [0.3, 0.4) is 0 Å². The van der Waals surface area contributed by atoms with Crippen molar-refractivity contribution in [1.82, 2.24) is 5.32 Å². The van der Waals surface area contributed by atoms with Crippen molar-refractivity contribution in [3.8, 4) is 0 Å². The Bertz CT molecular complexity index is 137. The first kappa shape index (κ1) is 5.45. The minimum atomic E-state index is 0.0984. The lowest BCUT2D eigenvalue weighted by Crippen LogP contribution is -2.41. The van der Waals surface area contributed by atoms with Crippen LogP contribution >= 0.6 is 0 Å². The van der Waals surface area contributed by atoms with Crippen LogP contribution in [0.15, 0.2) is 12.2 Å². The van der Waals surface area contributed by atoms with E-state index in [1.54, 1.807) is 0 Å². The molecule has 2 aliphatic rings. The maximum Gasteiger partial charge on any atom is 0.120 e. The zero-order chi connectivity index (χ0) is 6.32. The number of hydrogen-bond acceptors (Lipinski definition) is 2. The van der Waals surface area contributed by atoms with Crippen LogP contribution in [0, 0.1) is 0 Å². The fraction of sp³-hybridized carbons (Fsp3) is 0.714. The molecule has 0 unspecified atom stereocenters. The first-order chi connectivity index (χ1) is 4.31. The van der Waals surface area contributed by atoms with E-state index in [-0.39, 0.29) is 5.72 Å². The van der Waals surface area contributed by atoms with Gasteiger partial charge in [-0.2, -0.15) is 0 Å². The highest BCUT2D eigenvalue weighted by Crippen LogP contribution is 2.38. The summed E-state index contributed by atoms with van der Waals surface area (Å²) in [5.74, 6) is 0. The molecule has 1 saturated carbocycles. The molecule has 50 valence electrons. The second kappa shape index (κ2) is 1.58. The Morgan fingerprint density at radius 3 is 2.78 bits per heavy atom. The van der Waals surface area contributed by atoms with Gasteiger partial charge in [0, 0.05) is 6.54 Å². The lowest BCUT2D eigenvalue weighted by molar-refractivity contribution is 0.00423. The number of hydrogen-bond donors (Lipinski definition) is 1. The van der Waals surface area contributed by atoms with Crippen LogP contribution in [0.2, 0.25) is 0 Å². The van der Waals surface area contributed by atoms with Gasteiger partial charge in [0.1, 0.15) is 5.72 Å². The van der Waals surface area contributed by atoms with Crippen LogP contribution < -0.4 is 5.32 Å². The smallest absolute Gasteiger partial charge is 0.120 e. The Hall–Kier alpha value is -0.340. The average molecular weight is 125 g/mol. The molecule has 1 heterocycles. The van der Waals surface area contributed by atoms with E-state index in [0.717, 1.165) is 18.7 Å². The van der Waals surface area contributed by atoms with Gasteiger partial charge in [-0.1, -0.05) is 6.58 Å². The fourth-order valence-electron chi connectivity index (χ4n) is 1.06. The minimum Gasteiger partial charge on any atom is -0.356 e. The summed E-state index contributed by atoms with van der Waals surface area (Å²) in [6.45, 7) is 5.52. The lowest BCUT2D eigenvalue weighted by atomic mass is 10.3. The van der Waals surface area contributed by atoms with Gasteiger partial charge in [0.2, 0.25) is 0 Å². The van der Waals surface area contributed by atoms with Crippen LogP contribution in [0.25, 0.3) is 0 Å². The Morgan fingerprint density at radius 2 is 2.33 bits per heavy atom. The lowest BCUT2D eigenvalue weighted by Gasteiger charge is -2.25. The highest BCUT2D eigenvalue weighted by Gasteiger charge is 2.45. The van der Waals surface area contributed by atoms with Crippen molar-refractivity contribution in [2.45, 2.75) is 18.6 Å². The van der Waals surface area contributed by atoms with Crippen molar-refractivity contribution in [1.29, 1.82) is 0 Å². The maximum atomic E-state index is 5.48. The third-order valence-corrected chi connectivity index (χ3v) is 1.92. The molecule has 0 atom stereocenters. The summed E-state index contributed by atoms with van der Waals surface area (Å²) in [6, 6.07) is 0. The van der Waals surface area contributed by atoms with Gasteiger partial charge in [-0.3, -0.25) is 5.32 Å². The van der Waals surface area contributed by atoms with Gasteiger partial charge in [0.15, 0.2) is 0 Å². The standard InChI is InChI=1S/C7H11NO/c1-6-4-8-7(2-3-7)9-5-6/h8H,1-5H2. The second-order valence-electron chi connectivity index (χ2n) is 2.89. The third kappa shape index (κ3) is 0.884.